The molecule has 5 heteroatoms. The van der Waals surface area contributed by atoms with Gasteiger partial charge >= 0.3 is 0 Å². The van der Waals surface area contributed by atoms with Crippen LogP contribution in [0.1, 0.15) is 105 Å². The Kier molecular flexibility index (Phi) is 14.7. The predicted octanol–water partition coefficient (Wildman–Crippen LogP) is 4.53. The van der Waals surface area contributed by atoms with Gasteiger partial charge in [0.15, 0.2) is 9.84 Å². The molecule has 184 valence electrons. The lowest BCUT2D eigenvalue weighted by atomic mass is 9.80. The van der Waals surface area contributed by atoms with Crippen molar-refractivity contribution in [3.8, 4) is 0 Å². The molecule has 0 aromatic rings. The van der Waals surface area contributed by atoms with E-state index in [4.69, 9.17) is 0 Å². The second-order valence-corrected chi connectivity index (χ2v) is 12.3. The molecule has 4 nitrogen and oxygen atoms in total. The van der Waals surface area contributed by atoms with Crippen LogP contribution in [-0.2, 0) is 0 Å². The molecule has 2 aliphatic carbocycles. The van der Waals surface area contributed by atoms with E-state index >= 15 is 0 Å². The van der Waals surface area contributed by atoms with E-state index in [1.807, 2.05) is 0 Å². The van der Waals surface area contributed by atoms with Gasteiger partial charge in [0.2, 0.25) is 0 Å². The van der Waals surface area contributed by atoms with Crippen molar-refractivity contribution < 1.29 is 0 Å². The molecular formula is C26H56N4Si. The smallest absolute Gasteiger partial charge is 0.172 e. The molecule has 2 N–H and O–H groups in total. The minimum atomic E-state index is -0.0941. The summed E-state index contributed by atoms with van der Waals surface area (Å²) in [6.07, 6.45) is 17.6. The fraction of sp³-hybridized carbons (Fsp3) is 1.00. The number of hydrogen-bond donors (Lipinski definition) is 2. The maximum absolute atomic E-state index is 3.62. The summed E-state index contributed by atoms with van der Waals surface area (Å²) >= 11 is 0. The topological polar surface area (TPSA) is 30.5 Å². The van der Waals surface area contributed by atoms with Gasteiger partial charge in [-0.15, -0.1) is 0 Å². The number of hydrogen-bond acceptors (Lipinski definition) is 4. The first-order chi connectivity index (χ1) is 15.2. The van der Waals surface area contributed by atoms with Crippen molar-refractivity contribution in [1.29, 1.82) is 0 Å². The lowest BCUT2D eigenvalue weighted by Gasteiger charge is -2.36. The minimum absolute atomic E-state index is 0.0941. The summed E-state index contributed by atoms with van der Waals surface area (Å²) < 4.78 is 5.15. The van der Waals surface area contributed by atoms with E-state index in [9.17, 15) is 0 Å². The van der Waals surface area contributed by atoms with Gasteiger partial charge in [-0.1, -0.05) is 53.4 Å². The lowest BCUT2D eigenvalue weighted by molar-refractivity contribution is 0.212. The van der Waals surface area contributed by atoms with E-state index in [2.05, 4.69) is 47.5 Å². The average Bonchev–Trinajstić information content (AvgIpc) is 2.86. The van der Waals surface area contributed by atoms with Crippen molar-refractivity contribution in [2.75, 3.05) is 39.3 Å². The highest BCUT2D eigenvalue weighted by molar-refractivity contribution is 6.28. The van der Waals surface area contributed by atoms with Crippen molar-refractivity contribution >= 4 is 9.84 Å². The van der Waals surface area contributed by atoms with Crippen LogP contribution >= 0.6 is 0 Å². The van der Waals surface area contributed by atoms with Gasteiger partial charge in [-0.05, 0) is 102 Å². The molecule has 4 atom stereocenters. The Hall–Kier alpha value is 0.0569. The van der Waals surface area contributed by atoms with Gasteiger partial charge < -0.3 is 19.8 Å². The summed E-state index contributed by atoms with van der Waals surface area (Å²) in [6, 6.07) is 1.81. The molecule has 4 aliphatic rings. The van der Waals surface area contributed by atoms with Gasteiger partial charge in [-0.2, -0.15) is 0 Å². The van der Waals surface area contributed by atoms with E-state index in [1.165, 1.54) is 116 Å². The minimum Gasteiger partial charge on any atom is -0.317 e. The standard InChI is InChI=1S/2C9H17N.C8H22N2Si/c2*1-2-6-9-8(4-1)5-3-7-10-9;1-5-9(6-2)11-10(7-3)8-4/h2*8-10H,1-7H2;5-8,11H2,1-4H3. The quantitative estimate of drug-likeness (QED) is 0.580. The van der Waals surface area contributed by atoms with Gasteiger partial charge in [-0.25, -0.2) is 0 Å². The van der Waals surface area contributed by atoms with Crippen molar-refractivity contribution in [2.24, 2.45) is 11.8 Å². The third kappa shape index (κ3) is 10.2. The third-order valence-corrected chi connectivity index (χ3v) is 10.9. The molecule has 0 aromatic carbocycles. The van der Waals surface area contributed by atoms with Crippen molar-refractivity contribution in [1.82, 2.24) is 19.8 Å². The fourth-order valence-corrected chi connectivity index (χ4v) is 7.44. The van der Waals surface area contributed by atoms with Crippen LogP contribution in [0.25, 0.3) is 0 Å². The Bertz CT molecular complexity index is 338. The Morgan fingerprint density at radius 3 is 1.26 bits per heavy atom. The first kappa shape index (κ1) is 27.3. The summed E-state index contributed by atoms with van der Waals surface area (Å²) in [5.41, 5.74) is 0. The molecule has 0 bridgehead atoms. The molecule has 31 heavy (non-hydrogen) atoms. The molecule has 2 heterocycles. The second kappa shape index (κ2) is 16.6. The molecule has 0 spiro atoms. The zero-order valence-electron chi connectivity index (χ0n) is 21.6. The highest BCUT2D eigenvalue weighted by Gasteiger charge is 2.27. The molecule has 0 radical (unpaired) electrons. The molecule has 4 unspecified atom stereocenters. The second-order valence-electron chi connectivity index (χ2n) is 10.2. The van der Waals surface area contributed by atoms with Crippen LogP contribution < -0.4 is 10.6 Å². The fourth-order valence-electron chi connectivity index (χ4n) is 6.08. The van der Waals surface area contributed by atoms with Crippen LogP contribution in [0.5, 0.6) is 0 Å². The number of rotatable bonds is 6. The van der Waals surface area contributed by atoms with E-state index in [0.717, 1.165) is 23.9 Å². The summed E-state index contributed by atoms with van der Waals surface area (Å²) in [4.78, 5) is 0. The molecule has 0 amide bonds. The van der Waals surface area contributed by atoms with Gasteiger partial charge in [0.1, 0.15) is 0 Å². The van der Waals surface area contributed by atoms with Crippen LogP contribution in [0.3, 0.4) is 0 Å². The Labute approximate surface area is 197 Å². The molecule has 4 fully saturated rings. The molecule has 2 saturated carbocycles. The highest BCUT2D eigenvalue weighted by Crippen LogP contribution is 2.30. The van der Waals surface area contributed by atoms with Crippen molar-refractivity contribution in [2.45, 2.75) is 117 Å². The van der Waals surface area contributed by atoms with E-state index < -0.39 is 0 Å². The van der Waals surface area contributed by atoms with E-state index in [0.29, 0.717) is 0 Å². The monoisotopic (exact) mass is 452 g/mol. The first-order valence-corrected chi connectivity index (χ1v) is 15.4. The predicted molar refractivity (Wildman–Crippen MR) is 140 cm³/mol. The van der Waals surface area contributed by atoms with Crippen LogP contribution in [0.2, 0.25) is 0 Å². The van der Waals surface area contributed by atoms with Crippen LogP contribution in [0, 0.1) is 11.8 Å². The summed E-state index contributed by atoms with van der Waals surface area (Å²) in [6.45, 7) is 16.4. The molecular weight excluding hydrogens is 396 g/mol. The summed E-state index contributed by atoms with van der Waals surface area (Å²) in [5, 5.41) is 7.24. The van der Waals surface area contributed by atoms with E-state index in [1.54, 1.807) is 0 Å². The van der Waals surface area contributed by atoms with Gasteiger partial charge in [0.25, 0.3) is 0 Å². The lowest BCUT2D eigenvalue weighted by Crippen LogP contribution is -2.42. The number of piperidine rings is 2. The van der Waals surface area contributed by atoms with Crippen LogP contribution in [0.4, 0.5) is 0 Å². The first-order valence-electron chi connectivity index (χ1n) is 14.1. The third-order valence-electron chi connectivity index (χ3n) is 8.32. The van der Waals surface area contributed by atoms with E-state index in [-0.39, 0.29) is 9.84 Å². The normalized spacial score (nSPS) is 30.4. The van der Waals surface area contributed by atoms with Crippen LogP contribution in [0.15, 0.2) is 0 Å². The molecule has 4 rings (SSSR count). The maximum atomic E-state index is 3.62. The Morgan fingerprint density at radius 2 is 0.903 bits per heavy atom. The number of nitrogens with zero attached hydrogens (tertiary/aromatic N) is 2. The van der Waals surface area contributed by atoms with Crippen molar-refractivity contribution in [3.63, 3.8) is 0 Å². The summed E-state index contributed by atoms with van der Waals surface area (Å²) in [5.74, 6) is 2.09. The zero-order chi connectivity index (χ0) is 22.3. The molecule has 0 aromatic heterocycles. The van der Waals surface area contributed by atoms with Crippen LogP contribution in [-0.4, -0.2) is 70.3 Å². The number of fused-ring (bicyclic) bond motifs is 2. The average molecular weight is 453 g/mol. The maximum Gasteiger partial charge on any atom is 0.172 e. The van der Waals surface area contributed by atoms with Gasteiger partial charge in [-0.3, -0.25) is 0 Å². The Morgan fingerprint density at radius 1 is 0.548 bits per heavy atom. The summed E-state index contributed by atoms with van der Waals surface area (Å²) in [7, 11) is -0.0941. The Balaban J connectivity index is 0.000000165. The number of nitrogens with one attached hydrogen (secondary N) is 2. The largest absolute Gasteiger partial charge is 0.317 e. The SMILES string of the molecule is C1CCC2NCCCC2C1.C1CCC2NCCCC2C1.CCN(CC)[SiH2]N(CC)CC. The van der Waals surface area contributed by atoms with Crippen molar-refractivity contribution in [3.05, 3.63) is 0 Å². The molecule has 2 saturated heterocycles. The van der Waals surface area contributed by atoms with Gasteiger partial charge in [0, 0.05) is 12.1 Å². The highest BCUT2D eigenvalue weighted by atomic mass is 28.2. The molecule has 2 aliphatic heterocycles. The zero-order valence-corrected chi connectivity index (χ0v) is 23.1. The van der Waals surface area contributed by atoms with Gasteiger partial charge in [0.05, 0.1) is 0 Å².